The fourth-order valence-electron chi connectivity index (χ4n) is 1.03. The maximum atomic E-state index is 11.3. The SMILES string of the molecule is CNCC(C)OCC(C)(C)C(=O)OC. The van der Waals surface area contributed by atoms with E-state index in [2.05, 4.69) is 10.1 Å². The third-order valence-corrected chi connectivity index (χ3v) is 1.96. The van der Waals surface area contributed by atoms with Gasteiger partial charge >= 0.3 is 5.97 Å². The summed E-state index contributed by atoms with van der Waals surface area (Å²) in [7, 11) is 3.26. The highest BCUT2D eigenvalue weighted by Crippen LogP contribution is 2.17. The summed E-state index contributed by atoms with van der Waals surface area (Å²) in [5, 5.41) is 3.01. The molecule has 1 unspecified atom stereocenters. The second-order valence-corrected chi connectivity index (χ2v) is 4.05. The maximum Gasteiger partial charge on any atom is 0.313 e. The number of carbonyl (C=O) groups is 1. The molecule has 0 aliphatic carbocycles. The van der Waals surface area contributed by atoms with E-state index in [-0.39, 0.29) is 12.1 Å². The van der Waals surface area contributed by atoms with Crippen LogP contribution in [0.3, 0.4) is 0 Å². The lowest BCUT2D eigenvalue weighted by Crippen LogP contribution is -2.34. The molecule has 0 saturated carbocycles. The molecule has 0 aliphatic heterocycles. The first-order chi connectivity index (χ1) is 6.44. The summed E-state index contributed by atoms with van der Waals surface area (Å²) in [6.07, 6.45) is 0.101. The van der Waals surface area contributed by atoms with Crippen molar-refractivity contribution in [2.45, 2.75) is 26.9 Å². The Morgan fingerprint density at radius 1 is 1.50 bits per heavy atom. The van der Waals surface area contributed by atoms with Crippen LogP contribution in [0.1, 0.15) is 20.8 Å². The first-order valence-corrected chi connectivity index (χ1v) is 4.78. The van der Waals surface area contributed by atoms with E-state index in [0.717, 1.165) is 6.54 Å². The first kappa shape index (κ1) is 13.4. The molecule has 0 aromatic heterocycles. The lowest BCUT2D eigenvalue weighted by atomic mass is 9.95. The number of rotatable bonds is 6. The zero-order valence-electron chi connectivity index (χ0n) is 9.72. The van der Waals surface area contributed by atoms with E-state index in [1.54, 1.807) is 0 Å². The van der Waals surface area contributed by atoms with Gasteiger partial charge in [0.15, 0.2) is 0 Å². The van der Waals surface area contributed by atoms with E-state index in [1.807, 2.05) is 27.8 Å². The molecule has 0 rings (SSSR count). The van der Waals surface area contributed by atoms with Crippen LogP contribution in [0.15, 0.2) is 0 Å². The van der Waals surface area contributed by atoms with Gasteiger partial charge in [-0.05, 0) is 27.8 Å². The van der Waals surface area contributed by atoms with Crippen molar-refractivity contribution in [2.24, 2.45) is 5.41 Å². The van der Waals surface area contributed by atoms with E-state index in [0.29, 0.717) is 6.61 Å². The van der Waals surface area contributed by atoms with Crippen LogP contribution in [-0.4, -0.2) is 39.4 Å². The van der Waals surface area contributed by atoms with Gasteiger partial charge in [-0.1, -0.05) is 0 Å². The normalized spacial score (nSPS) is 13.8. The van der Waals surface area contributed by atoms with Crippen LogP contribution < -0.4 is 5.32 Å². The number of hydrogen-bond acceptors (Lipinski definition) is 4. The van der Waals surface area contributed by atoms with Crippen LogP contribution in [0.25, 0.3) is 0 Å². The third kappa shape index (κ3) is 4.58. The molecular formula is C10H21NO3. The summed E-state index contributed by atoms with van der Waals surface area (Å²) >= 11 is 0. The molecule has 0 aromatic rings. The Kier molecular flexibility index (Phi) is 5.72. The van der Waals surface area contributed by atoms with Crippen LogP contribution in [0.5, 0.6) is 0 Å². The number of hydrogen-bond donors (Lipinski definition) is 1. The lowest BCUT2D eigenvalue weighted by molar-refractivity contribution is -0.155. The monoisotopic (exact) mass is 203 g/mol. The first-order valence-electron chi connectivity index (χ1n) is 4.78. The molecule has 14 heavy (non-hydrogen) atoms. The number of carbonyl (C=O) groups excluding carboxylic acids is 1. The van der Waals surface area contributed by atoms with Crippen LogP contribution >= 0.6 is 0 Å². The average molecular weight is 203 g/mol. The van der Waals surface area contributed by atoms with Gasteiger partial charge in [0.1, 0.15) is 0 Å². The highest BCUT2D eigenvalue weighted by Gasteiger charge is 2.29. The predicted octanol–water partition coefficient (Wildman–Crippen LogP) is 0.810. The molecule has 0 saturated heterocycles. The third-order valence-electron chi connectivity index (χ3n) is 1.96. The predicted molar refractivity (Wildman–Crippen MR) is 55.1 cm³/mol. The van der Waals surface area contributed by atoms with Crippen molar-refractivity contribution in [2.75, 3.05) is 27.3 Å². The minimum Gasteiger partial charge on any atom is -0.469 e. The van der Waals surface area contributed by atoms with Crippen LogP contribution in [0.2, 0.25) is 0 Å². The van der Waals surface area contributed by atoms with Crippen molar-refractivity contribution in [3.63, 3.8) is 0 Å². The Hall–Kier alpha value is -0.610. The minimum atomic E-state index is -0.573. The Labute approximate surface area is 86.0 Å². The molecule has 1 N–H and O–H groups in total. The van der Waals surface area contributed by atoms with Gasteiger partial charge in [0.25, 0.3) is 0 Å². The summed E-state index contributed by atoms with van der Waals surface area (Å²) in [5.41, 5.74) is -0.573. The van der Waals surface area contributed by atoms with Crippen LogP contribution in [-0.2, 0) is 14.3 Å². The van der Waals surface area contributed by atoms with Crippen LogP contribution in [0, 0.1) is 5.41 Å². The minimum absolute atomic E-state index is 0.101. The second-order valence-electron chi connectivity index (χ2n) is 4.05. The highest BCUT2D eigenvalue weighted by atomic mass is 16.5. The molecule has 0 amide bonds. The standard InChI is InChI=1S/C10H21NO3/c1-8(6-11-4)14-7-10(2,3)9(12)13-5/h8,11H,6-7H2,1-5H3. The lowest BCUT2D eigenvalue weighted by Gasteiger charge is -2.23. The molecule has 0 fully saturated rings. The molecular weight excluding hydrogens is 182 g/mol. The van der Waals surface area contributed by atoms with Gasteiger partial charge in [-0.15, -0.1) is 0 Å². The van der Waals surface area contributed by atoms with Gasteiger partial charge in [-0.2, -0.15) is 0 Å². The molecule has 4 nitrogen and oxygen atoms in total. The van der Waals surface area contributed by atoms with Crippen molar-refractivity contribution in [1.82, 2.24) is 5.32 Å². The Bertz CT molecular complexity index is 180. The molecule has 84 valence electrons. The fraction of sp³-hybridized carbons (Fsp3) is 0.900. The van der Waals surface area contributed by atoms with Gasteiger partial charge < -0.3 is 14.8 Å². The molecule has 0 aliphatic rings. The zero-order chi connectivity index (χ0) is 11.2. The summed E-state index contributed by atoms with van der Waals surface area (Å²) in [4.78, 5) is 11.3. The van der Waals surface area contributed by atoms with E-state index in [1.165, 1.54) is 7.11 Å². The van der Waals surface area contributed by atoms with E-state index in [9.17, 15) is 4.79 Å². The molecule has 0 aromatic carbocycles. The van der Waals surface area contributed by atoms with Crippen molar-refractivity contribution in [3.8, 4) is 0 Å². The fourth-order valence-corrected chi connectivity index (χ4v) is 1.03. The van der Waals surface area contributed by atoms with E-state index >= 15 is 0 Å². The second kappa shape index (κ2) is 5.98. The van der Waals surface area contributed by atoms with Gasteiger partial charge in [0.05, 0.1) is 25.2 Å². The summed E-state index contributed by atoms with van der Waals surface area (Å²) in [5.74, 6) is -0.242. The van der Waals surface area contributed by atoms with Gasteiger partial charge in [-0.3, -0.25) is 4.79 Å². The molecule has 0 bridgehead atoms. The van der Waals surface area contributed by atoms with E-state index in [4.69, 9.17) is 4.74 Å². The van der Waals surface area contributed by atoms with Crippen molar-refractivity contribution >= 4 is 5.97 Å². The van der Waals surface area contributed by atoms with Gasteiger partial charge in [0.2, 0.25) is 0 Å². The summed E-state index contributed by atoms with van der Waals surface area (Å²) in [6.45, 7) is 6.74. The number of nitrogens with one attached hydrogen (secondary N) is 1. The Morgan fingerprint density at radius 3 is 2.50 bits per heavy atom. The van der Waals surface area contributed by atoms with E-state index < -0.39 is 5.41 Å². The largest absolute Gasteiger partial charge is 0.469 e. The van der Waals surface area contributed by atoms with Crippen molar-refractivity contribution in [3.05, 3.63) is 0 Å². The van der Waals surface area contributed by atoms with Crippen molar-refractivity contribution < 1.29 is 14.3 Å². The maximum absolute atomic E-state index is 11.3. The zero-order valence-corrected chi connectivity index (χ0v) is 9.72. The quantitative estimate of drug-likeness (QED) is 0.649. The smallest absolute Gasteiger partial charge is 0.313 e. The van der Waals surface area contributed by atoms with Gasteiger partial charge in [0, 0.05) is 6.54 Å². The van der Waals surface area contributed by atoms with Gasteiger partial charge in [-0.25, -0.2) is 0 Å². The summed E-state index contributed by atoms with van der Waals surface area (Å²) in [6, 6.07) is 0. The molecule has 0 radical (unpaired) electrons. The molecule has 0 spiro atoms. The number of methoxy groups -OCH3 is 1. The highest BCUT2D eigenvalue weighted by molar-refractivity contribution is 5.75. The molecule has 4 heteroatoms. The average Bonchev–Trinajstić information content (AvgIpc) is 2.14. The molecule has 0 heterocycles. The molecule has 1 atom stereocenters. The topological polar surface area (TPSA) is 47.6 Å². The summed E-state index contributed by atoms with van der Waals surface area (Å²) < 4.78 is 10.2. The number of esters is 1. The van der Waals surface area contributed by atoms with Crippen LogP contribution in [0.4, 0.5) is 0 Å². The van der Waals surface area contributed by atoms with Crippen molar-refractivity contribution in [1.29, 1.82) is 0 Å². The number of ether oxygens (including phenoxy) is 2. The number of likely N-dealkylation sites (N-methyl/N-ethyl adjacent to an activating group) is 1. The Morgan fingerprint density at radius 2 is 2.07 bits per heavy atom. The Balaban J connectivity index is 3.92.